The Balaban J connectivity index is 1.60. The molecule has 3 rings (SSSR count). The monoisotopic (exact) mass is 341 g/mol. The molecule has 2 aromatic carbocycles. The number of rotatable bonds is 6. The highest BCUT2D eigenvalue weighted by atomic mass is 19.1. The summed E-state index contributed by atoms with van der Waals surface area (Å²) < 4.78 is 23.8. The Labute approximate surface area is 143 Å². The van der Waals surface area contributed by atoms with Crippen LogP contribution in [0, 0.1) is 5.82 Å². The molecule has 128 valence electrons. The Bertz CT molecular complexity index is 879. The zero-order valence-electron chi connectivity index (χ0n) is 13.5. The molecule has 3 aromatic rings. The quantitative estimate of drug-likeness (QED) is 0.746. The van der Waals surface area contributed by atoms with E-state index in [1.165, 1.54) is 6.07 Å². The van der Waals surface area contributed by atoms with E-state index >= 15 is 0 Å². The zero-order chi connectivity index (χ0) is 17.6. The van der Waals surface area contributed by atoms with Crippen molar-refractivity contribution in [2.24, 2.45) is 0 Å². The SMILES string of the molecule is COc1cccc(-c2noc(CNC(=O)Cc3ccccc3F)n2)c1. The molecule has 1 amide bonds. The van der Waals surface area contributed by atoms with Gasteiger partial charge in [0.25, 0.3) is 0 Å². The molecule has 0 radical (unpaired) electrons. The van der Waals surface area contributed by atoms with Gasteiger partial charge in [0.1, 0.15) is 11.6 Å². The molecule has 0 spiro atoms. The molecule has 7 heteroatoms. The lowest BCUT2D eigenvalue weighted by molar-refractivity contribution is -0.120. The molecule has 0 aliphatic heterocycles. The van der Waals surface area contributed by atoms with Crippen LogP contribution in [0.25, 0.3) is 11.4 Å². The summed E-state index contributed by atoms with van der Waals surface area (Å²) in [4.78, 5) is 16.1. The Morgan fingerprint density at radius 3 is 2.88 bits per heavy atom. The van der Waals surface area contributed by atoms with Crippen LogP contribution in [0.5, 0.6) is 5.75 Å². The number of methoxy groups -OCH3 is 1. The lowest BCUT2D eigenvalue weighted by Crippen LogP contribution is -2.25. The summed E-state index contributed by atoms with van der Waals surface area (Å²) in [6.45, 7) is 0.0737. The molecule has 0 aliphatic carbocycles. The number of ether oxygens (including phenoxy) is 1. The van der Waals surface area contributed by atoms with Gasteiger partial charge in [-0.25, -0.2) is 4.39 Å². The highest BCUT2D eigenvalue weighted by Gasteiger charge is 2.12. The number of halogens is 1. The lowest BCUT2D eigenvalue weighted by atomic mass is 10.1. The molecule has 0 unspecified atom stereocenters. The van der Waals surface area contributed by atoms with Crippen LogP contribution in [0.3, 0.4) is 0 Å². The van der Waals surface area contributed by atoms with Gasteiger partial charge in [0.05, 0.1) is 20.1 Å². The number of hydrogen-bond acceptors (Lipinski definition) is 5. The van der Waals surface area contributed by atoms with E-state index in [-0.39, 0.29) is 24.8 Å². The smallest absolute Gasteiger partial charge is 0.246 e. The number of aromatic nitrogens is 2. The largest absolute Gasteiger partial charge is 0.497 e. The van der Waals surface area contributed by atoms with E-state index in [4.69, 9.17) is 9.26 Å². The van der Waals surface area contributed by atoms with Crippen molar-refractivity contribution >= 4 is 5.91 Å². The standard InChI is InChI=1S/C18H16FN3O3/c1-24-14-7-4-6-13(9-14)18-21-17(25-22-18)11-20-16(23)10-12-5-2-3-8-15(12)19/h2-9H,10-11H2,1H3,(H,20,23). The third-order valence-corrected chi connectivity index (χ3v) is 3.54. The summed E-state index contributed by atoms with van der Waals surface area (Å²) in [5.74, 6) is 0.612. The highest BCUT2D eigenvalue weighted by molar-refractivity contribution is 5.78. The van der Waals surface area contributed by atoms with Crippen molar-refractivity contribution in [1.82, 2.24) is 15.5 Å². The van der Waals surface area contributed by atoms with Crippen molar-refractivity contribution in [2.75, 3.05) is 7.11 Å². The van der Waals surface area contributed by atoms with Crippen LogP contribution in [-0.2, 0) is 17.8 Å². The Kier molecular flexibility index (Phi) is 5.03. The maximum absolute atomic E-state index is 13.5. The molecule has 1 heterocycles. The zero-order valence-corrected chi connectivity index (χ0v) is 13.5. The van der Waals surface area contributed by atoms with Crippen LogP contribution < -0.4 is 10.1 Å². The number of amides is 1. The van der Waals surface area contributed by atoms with Crippen molar-refractivity contribution in [3.05, 3.63) is 65.8 Å². The average Bonchev–Trinajstić information content (AvgIpc) is 3.11. The van der Waals surface area contributed by atoms with Gasteiger partial charge >= 0.3 is 0 Å². The molecule has 0 fully saturated rings. The first kappa shape index (κ1) is 16.6. The van der Waals surface area contributed by atoms with E-state index in [0.29, 0.717) is 17.1 Å². The first-order valence-electron chi connectivity index (χ1n) is 7.63. The van der Waals surface area contributed by atoms with Crippen LogP contribution in [-0.4, -0.2) is 23.2 Å². The topological polar surface area (TPSA) is 77.3 Å². The van der Waals surface area contributed by atoms with Crippen molar-refractivity contribution in [3.8, 4) is 17.1 Å². The fourth-order valence-corrected chi connectivity index (χ4v) is 2.26. The van der Waals surface area contributed by atoms with Crippen molar-refractivity contribution < 1.29 is 18.4 Å². The fraction of sp³-hybridized carbons (Fsp3) is 0.167. The van der Waals surface area contributed by atoms with E-state index in [2.05, 4.69) is 15.5 Å². The Morgan fingerprint density at radius 1 is 1.24 bits per heavy atom. The maximum Gasteiger partial charge on any atom is 0.246 e. The molecule has 0 saturated carbocycles. The molecule has 1 N–H and O–H groups in total. The third kappa shape index (κ3) is 4.20. The van der Waals surface area contributed by atoms with Crippen LogP contribution in [0.2, 0.25) is 0 Å². The van der Waals surface area contributed by atoms with Gasteiger partial charge in [-0.3, -0.25) is 4.79 Å². The summed E-state index contributed by atoms with van der Waals surface area (Å²) in [5, 5.41) is 6.52. The van der Waals surface area contributed by atoms with Crippen LogP contribution in [0.1, 0.15) is 11.5 Å². The minimum atomic E-state index is -0.407. The highest BCUT2D eigenvalue weighted by Crippen LogP contribution is 2.21. The summed E-state index contributed by atoms with van der Waals surface area (Å²) in [6.07, 6.45) is -0.0520. The normalized spacial score (nSPS) is 10.5. The Hall–Kier alpha value is -3.22. The van der Waals surface area contributed by atoms with E-state index < -0.39 is 5.82 Å². The number of nitrogens with one attached hydrogen (secondary N) is 1. The van der Waals surface area contributed by atoms with Crippen molar-refractivity contribution in [1.29, 1.82) is 0 Å². The van der Waals surface area contributed by atoms with E-state index in [1.54, 1.807) is 31.4 Å². The van der Waals surface area contributed by atoms with Crippen molar-refractivity contribution in [3.63, 3.8) is 0 Å². The van der Waals surface area contributed by atoms with Gasteiger partial charge < -0.3 is 14.6 Å². The molecule has 0 atom stereocenters. The number of nitrogens with zero attached hydrogens (tertiary/aromatic N) is 2. The maximum atomic E-state index is 13.5. The van der Waals surface area contributed by atoms with Crippen LogP contribution >= 0.6 is 0 Å². The summed E-state index contributed by atoms with van der Waals surface area (Å²) >= 11 is 0. The van der Waals surface area contributed by atoms with Gasteiger partial charge in [-0.05, 0) is 23.8 Å². The van der Waals surface area contributed by atoms with Gasteiger partial charge in [0, 0.05) is 5.56 Å². The first-order chi connectivity index (χ1) is 12.2. The molecule has 25 heavy (non-hydrogen) atoms. The lowest BCUT2D eigenvalue weighted by Gasteiger charge is -2.03. The summed E-state index contributed by atoms with van der Waals surface area (Å²) in [5.41, 5.74) is 1.08. The predicted octanol–water partition coefficient (Wildman–Crippen LogP) is 2.74. The number of carbonyl (C=O) groups is 1. The number of benzene rings is 2. The van der Waals surface area contributed by atoms with E-state index in [9.17, 15) is 9.18 Å². The van der Waals surface area contributed by atoms with Gasteiger partial charge in [0.2, 0.25) is 17.6 Å². The minimum absolute atomic E-state index is 0.0520. The minimum Gasteiger partial charge on any atom is -0.497 e. The second kappa shape index (κ2) is 7.57. The van der Waals surface area contributed by atoms with Crippen LogP contribution in [0.15, 0.2) is 53.1 Å². The molecule has 0 aliphatic rings. The van der Waals surface area contributed by atoms with Gasteiger partial charge in [-0.15, -0.1) is 0 Å². The average molecular weight is 341 g/mol. The van der Waals surface area contributed by atoms with Gasteiger partial charge in [-0.2, -0.15) is 4.98 Å². The summed E-state index contributed by atoms with van der Waals surface area (Å²) in [7, 11) is 1.58. The summed E-state index contributed by atoms with van der Waals surface area (Å²) in [6, 6.07) is 13.4. The number of carbonyl (C=O) groups excluding carboxylic acids is 1. The second-order valence-electron chi connectivity index (χ2n) is 5.29. The first-order valence-corrected chi connectivity index (χ1v) is 7.63. The Morgan fingerprint density at radius 2 is 2.08 bits per heavy atom. The molecule has 6 nitrogen and oxygen atoms in total. The third-order valence-electron chi connectivity index (χ3n) is 3.54. The second-order valence-corrected chi connectivity index (χ2v) is 5.29. The van der Waals surface area contributed by atoms with E-state index in [0.717, 1.165) is 5.56 Å². The molecule has 0 bridgehead atoms. The fourth-order valence-electron chi connectivity index (χ4n) is 2.26. The predicted molar refractivity (Wildman–Crippen MR) is 88.2 cm³/mol. The molecule has 0 saturated heterocycles. The molecule has 1 aromatic heterocycles. The van der Waals surface area contributed by atoms with Crippen molar-refractivity contribution in [2.45, 2.75) is 13.0 Å². The number of hydrogen-bond donors (Lipinski definition) is 1. The molecular weight excluding hydrogens is 325 g/mol. The van der Waals surface area contributed by atoms with Gasteiger partial charge in [0.15, 0.2) is 0 Å². The van der Waals surface area contributed by atoms with Gasteiger partial charge in [-0.1, -0.05) is 35.5 Å². The molecular formula is C18H16FN3O3. The van der Waals surface area contributed by atoms with E-state index in [1.807, 2.05) is 18.2 Å². The van der Waals surface area contributed by atoms with Crippen LogP contribution in [0.4, 0.5) is 4.39 Å².